The number of hydrogen-bond donors (Lipinski definition) is 3. The van der Waals surface area contributed by atoms with Crippen molar-refractivity contribution < 1.29 is 23.5 Å². The summed E-state index contributed by atoms with van der Waals surface area (Å²) in [5.74, 6) is -2.56. The molecule has 23 heavy (non-hydrogen) atoms. The van der Waals surface area contributed by atoms with Crippen LogP contribution in [0.1, 0.15) is 24.2 Å². The van der Waals surface area contributed by atoms with Crippen LogP contribution in [0, 0.1) is 11.7 Å². The monoisotopic (exact) mass is 325 g/mol. The highest BCUT2D eigenvalue weighted by atomic mass is 19.1. The highest BCUT2D eigenvalue weighted by Crippen LogP contribution is 2.16. The fourth-order valence-electron chi connectivity index (χ4n) is 1.65. The first-order valence-corrected chi connectivity index (χ1v) is 6.97. The van der Waals surface area contributed by atoms with Crippen molar-refractivity contribution in [2.45, 2.75) is 19.9 Å². The molecule has 0 fully saturated rings. The Bertz CT molecular complexity index is 604. The van der Waals surface area contributed by atoms with Crippen molar-refractivity contribution in [3.63, 3.8) is 0 Å². The largest absolute Gasteiger partial charge is 0.465 e. The number of ether oxygens (including phenoxy) is 1. The van der Waals surface area contributed by atoms with Crippen LogP contribution in [0.3, 0.4) is 0 Å². The maximum atomic E-state index is 13.7. The van der Waals surface area contributed by atoms with Crippen LogP contribution in [0.2, 0.25) is 0 Å². The number of esters is 1. The number of amides is 2. The minimum Gasteiger partial charge on any atom is -0.465 e. The second kappa shape index (κ2) is 8.23. The molecule has 7 nitrogen and oxygen atoms in total. The molecular weight excluding hydrogens is 305 g/mol. The number of methoxy groups -OCH3 is 1. The van der Waals surface area contributed by atoms with E-state index in [1.165, 1.54) is 13.2 Å². The minimum absolute atomic E-state index is 0.0766. The van der Waals surface area contributed by atoms with E-state index in [2.05, 4.69) is 15.4 Å². The van der Waals surface area contributed by atoms with E-state index < -0.39 is 29.6 Å². The van der Waals surface area contributed by atoms with Gasteiger partial charge in [-0.15, -0.1) is 0 Å². The maximum absolute atomic E-state index is 13.7. The van der Waals surface area contributed by atoms with Gasteiger partial charge in [0, 0.05) is 0 Å². The second-order valence-corrected chi connectivity index (χ2v) is 5.22. The third-order valence-corrected chi connectivity index (χ3v) is 3.11. The fraction of sp³-hybridized carbons (Fsp3) is 0.400. The topological polar surface area (TPSA) is 111 Å². The molecule has 8 heteroatoms. The molecular formula is C15H20FN3O4. The molecule has 0 spiro atoms. The van der Waals surface area contributed by atoms with Gasteiger partial charge in [0.1, 0.15) is 5.82 Å². The number of halogens is 1. The summed E-state index contributed by atoms with van der Waals surface area (Å²) in [6.45, 7) is 3.19. The van der Waals surface area contributed by atoms with Crippen LogP contribution in [0.4, 0.5) is 10.1 Å². The molecule has 0 radical (unpaired) electrons. The lowest BCUT2D eigenvalue weighted by molar-refractivity contribution is -0.125. The molecule has 0 unspecified atom stereocenters. The standard InChI is InChI=1S/C15H20FN3O4/c1-8(2)13(17)14(21)18-7-12(20)19-11-6-9(15(22)23-3)4-5-10(11)16/h4-6,8,13H,7,17H2,1-3H3,(H,18,21)(H,19,20)/t13-/m0/s1. The number of rotatable bonds is 6. The molecule has 1 aromatic rings. The molecule has 0 saturated carbocycles. The Morgan fingerprint density at radius 1 is 1.30 bits per heavy atom. The number of anilines is 1. The molecule has 0 heterocycles. The van der Waals surface area contributed by atoms with Crippen LogP contribution in [0.15, 0.2) is 18.2 Å². The molecule has 0 saturated heterocycles. The van der Waals surface area contributed by atoms with Crippen LogP contribution in [-0.2, 0) is 14.3 Å². The molecule has 0 bridgehead atoms. The third kappa shape index (κ3) is 5.33. The van der Waals surface area contributed by atoms with Gasteiger partial charge in [-0.05, 0) is 24.1 Å². The van der Waals surface area contributed by atoms with E-state index in [0.717, 1.165) is 12.1 Å². The summed E-state index contributed by atoms with van der Waals surface area (Å²) >= 11 is 0. The van der Waals surface area contributed by atoms with E-state index in [4.69, 9.17) is 5.73 Å². The Hall–Kier alpha value is -2.48. The maximum Gasteiger partial charge on any atom is 0.337 e. The van der Waals surface area contributed by atoms with Crippen LogP contribution in [0.25, 0.3) is 0 Å². The lowest BCUT2D eigenvalue weighted by atomic mass is 10.1. The Balaban J connectivity index is 2.67. The zero-order valence-electron chi connectivity index (χ0n) is 13.2. The van der Waals surface area contributed by atoms with Crippen LogP contribution < -0.4 is 16.4 Å². The van der Waals surface area contributed by atoms with Crippen molar-refractivity contribution in [1.82, 2.24) is 5.32 Å². The van der Waals surface area contributed by atoms with Crippen molar-refractivity contribution in [3.05, 3.63) is 29.6 Å². The zero-order valence-corrected chi connectivity index (χ0v) is 13.2. The SMILES string of the molecule is COC(=O)c1ccc(F)c(NC(=O)CNC(=O)[C@@H](N)C(C)C)c1. The zero-order chi connectivity index (χ0) is 17.6. The Kier molecular flexibility index (Phi) is 6.65. The number of benzene rings is 1. The quantitative estimate of drug-likeness (QED) is 0.665. The Morgan fingerprint density at radius 3 is 2.52 bits per heavy atom. The van der Waals surface area contributed by atoms with Crippen molar-refractivity contribution >= 4 is 23.5 Å². The van der Waals surface area contributed by atoms with E-state index in [0.29, 0.717) is 0 Å². The normalized spacial score (nSPS) is 11.7. The van der Waals surface area contributed by atoms with Crippen molar-refractivity contribution in [3.8, 4) is 0 Å². The molecule has 2 amide bonds. The van der Waals surface area contributed by atoms with Gasteiger partial charge in [0.05, 0.1) is 30.9 Å². The number of carbonyl (C=O) groups is 3. The summed E-state index contributed by atoms with van der Waals surface area (Å²) in [5.41, 5.74) is 5.55. The van der Waals surface area contributed by atoms with Gasteiger partial charge in [-0.2, -0.15) is 0 Å². The van der Waals surface area contributed by atoms with Crippen molar-refractivity contribution in [2.75, 3.05) is 19.0 Å². The second-order valence-electron chi connectivity index (χ2n) is 5.22. The van der Waals surface area contributed by atoms with Gasteiger partial charge >= 0.3 is 5.97 Å². The third-order valence-electron chi connectivity index (χ3n) is 3.11. The molecule has 126 valence electrons. The summed E-state index contributed by atoms with van der Waals surface area (Å²) in [5, 5.41) is 4.64. The molecule has 4 N–H and O–H groups in total. The predicted molar refractivity (Wildman–Crippen MR) is 82.2 cm³/mol. The molecule has 0 aliphatic heterocycles. The summed E-state index contributed by atoms with van der Waals surface area (Å²) in [6, 6.07) is 2.69. The first kappa shape index (κ1) is 18.6. The smallest absolute Gasteiger partial charge is 0.337 e. The molecule has 1 aromatic carbocycles. The van der Waals surface area contributed by atoms with E-state index in [1.807, 2.05) is 0 Å². The number of nitrogens with two attached hydrogens (primary N) is 1. The first-order valence-electron chi connectivity index (χ1n) is 6.97. The van der Waals surface area contributed by atoms with Crippen LogP contribution in [0.5, 0.6) is 0 Å². The summed E-state index contributed by atoms with van der Waals surface area (Å²) in [6.07, 6.45) is 0. The van der Waals surface area contributed by atoms with E-state index in [9.17, 15) is 18.8 Å². The predicted octanol–water partition coefficient (Wildman–Crippen LogP) is 0.650. The van der Waals surface area contributed by atoms with E-state index in [1.54, 1.807) is 13.8 Å². The van der Waals surface area contributed by atoms with Gasteiger partial charge in [-0.25, -0.2) is 9.18 Å². The summed E-state index contributed by atoms with van der Waals surface area (Å²) < 4.78 is 18.2. The van der Waals surface area contributed by atoms with Gasteiger partial charge in [0.25, 0.3) is 0 Å². The van der Waals surface area contributed by atoms with Gasteiger partial charge < -0.3 is 21.1 Å². The highest BCUT2D eigenvalue weighted by molar-refractivity contribution is 5.97. The number of hydrogen-bond acceptors (Lipinski definition) is 5. The molecule has 0 aliphatic rings. The van der Waals surface area contributed by atoms with Crippen LogP contribution >= 0.6 is 0 Å². The van der Waals surface area contributed by atoms with Crippen LogP contribution in [-0.4, -0.2) is 37.5 Å². The molecule has 0 aromatic heterocycles. The Morgan fingerprint density at radius 2 is 1.96 bits per heavy atom. The number of carbonyl (C=O) groups excluding carboxylic acids is 3. The van der Waals surface area contributed by atoms with E-state index >= 15 is 0 Å². The van der Waals surface area contributed by atoms with Gasteiger partial charge in [0.2, 0.25) is 11.8 Å². The highest BCUT2D eigenvalue weighted by Gasteiger charge is 2.18. The number of nitrogens with one attached hydrogen (secondary N) is 2. The van der Waals surface area contributed by atoms with Crippen molar-refractivity contribution in [1.29, 1.82) is 0 Å². The summed E-state index contributed by atoms with van der Waals surface area (Å²) in [7, 11) is 1.19. The van der Waals surface area contributed by atoms with Gasteiger partial charge in [-0.1, -0.05) is 13.8 Å². The average Bonchev–Trinajstić information content (AvgIpc) is 2.52. The van der Waals surface area contributed by atoms with Gasteiger partial charge in [0.15, 0.2) is 0 Å². The molecule has 1 atom stereocenters. The lowest BCUT2D eigenvalue weighted by Crippen LogP contribution is -2.46. The molecule has 0 aliphatic carbocycles. The van der Waals surface area contributed by atoms with E-state index in [-0.39, 0.29) is 23.7 Å². The molecule has 1 rings (SSSR count). The summed E-state index contributed by atoms with van der Waals surface area (Å²) in [4.78, 5) is 34.8. The first-order chi connectivity index (χ1) is 10.8. The average molecular weight is 325 g/mol. The lowest BCUT2D eigenvalue weighted by Gasteiger charge is -2.15. The minimum atomic E-state index is -0.734. The fourth-order valence-corrected chi connectivity index (χ4v) is 1.65. The van der Waals surface area contributed by atoms with Crippen molar-refractivity contribution in [2.24, 2.45) is 11.7 Å². The Labute approximate surface area is 133 Å². The van der Waals surface area contributed by atoms with Gasteiger partial charge in [-0.3, -0.25) is 9.59 Å².